The highest BCUT2D eigenvalue weighted by Gasteiger charge is 2.22. The van der Waals surface area contributed by atoms with Crippen LogP contribution < -0.4 is 11.1 Å². The molecule has 2 atom stereocenters. The largest absolute Gasteiger partial charge is 0.356 e. The summed E-state index contributed by atoms with van der Waals surface area (Å²) in [5.74, 6) is 0.717. The first kappa shape index (κ1) is 16.4. The summed E-state index contributed by atoms with van der Waals surface area (Å²) in [6.45, 7) is 12.9. The van der Waals surface area contributed by atoms with E-state index in [1.54, 1.807) is 0 Å². The number of nitrogens with one attached hydrogen (secondary N) is 1. The number of carbonyl (C=O) groups excluding carboxylic acids is 1. The Labute approximate surface area is 118 Å². The van der Waals surface area contributed by atoms with Crippen LogP contribution in [-0.2, 0) is 4.79 Å². The highest BCUT2D eigenvalue weighted by molar-refractivity contribution is 5.76. The number of likely N-dealkylation sites (tertiary alicyclic amines) is 1. The lowest BCUT2D eigenvalue weighted by atomic mass is 9.87. The molecule has 1 heterocycles. The Hall–Kier alpha value is -0.610. The van der Waals surface area contributed by atoms with E-state index in [4.69, 9.17) is 5.73 Å². The van der Waals surface area contributed by atoms with E-state index in [0.717, 1.165) is 26.1 Å². The van der Waals surface area contributed by atoms with Crippen molar-refractivity contribution >= 4 is 5.91 Å². The van der Waals surface area contributed by atoms with E-state index in [1.165, 1.54) is 13.0 Å². The van der Waals surface area contributed by atoms with E-state index >= 15 is 0 Å². The van der Waals surface area contributed by atoms with Gasteiger partial charge in [-0.2, -0.15) is 0 Å². The average Bonchev–Trinajstić information content (AvgIpc) is 2.71. The summed E-state index contributed by atoms with van der Waals surface area (Å²) in [7, 11) is 0. The fraction of sp³-hybridized carbons (Fsp3) is 0.933. The summed E-state index contributed by atoms with van der Waals surface area (Å²) >= 11 is 0. The molecule has 0 saturated carbocycles. The molecule has 2 unspecified atom stereocenters. The molecule has 0 radical (unpaired) electrons. The van der Waals surface area contributed by atoms with Gasteiger partial charge < -0.3 is 16.0 Å². The van der Waals surface area contributed by atoms with Crippen molar-refractivity contribution in [3.05, 3.63) is 0 Å². The van der Waals surface area contributed by atoms with Crippen LogP contribution in [0.3, 0.4) is 0 Å². The molecule has 0 aromatic heterocycles. The van der Waals surface area contributed by atoms with Crippen molar-refractivity contribution < 1.29 is 4.79 Å². The normalized spacial score (nSPS) is 22.5. The average molecular weight is 269 g/mol. The quantitative estimate of drug-likeness (QED) is 0.770. The van der Waals surface area contributed by atoms with Crippen molar-refractivity contribution in [2.24, 2.45) is 17.1 Å². The van der Waals surface area contributed by atoms with Crippen LogP contribution in [-0.4, -0.2) is 43.0 Å². The van der Waals surface area contributed by atoms with Crippen molar-refractivity contribution in [2.45, 2.75) is 53.0 Å². The molecule has 0 aromatic carbocycles. The van der Waals surface area contributed by atoms with Crippen LogP contribution >= 0.6 is 0 Å². The Balaban J connectivity index is 2.18. The second kappa shape index (κ2) is 7.25. The minimum Gasteiger partial charge on any atom is -0.356 e. The zero-order valence-electron chi connectivity index (χ0n) is 13.0. The molecule has 4 nitrogen and oxygen atoms in total. The van der Waals surface area contributed by atoms with Crippen molar-refractivity contribution in [1.29, 1.82) is 0 Å². The molecule has 0 bridgehead atoms. The van der Waals surface area contributed by atoms with Gasteiger partial charge in [-0.05, 0) is 37.3 Å². The van der Waals surface area contributed by atoms with Crippen molar-refractivity contribution in [3.8, 4) is 0 Å². The third kappa shape index (κ3) is 6.92. The molecule has 1 aliphatic heterocycles. The number of hydrogen-bond acceptors (Lipinski definition) is 3. The number of nitrogens with zero attached hydrogens (tertiary/aromatic N) is 1. The van der Waals surface area contributed by atoms with Gasteiger partial charge in [0, 0.05) is 25.6 Å². The van der Waals surface area contributed by atoms with Gasteiger partial charge >= 0.3 is 0 Å². The summed E-state index contributed by atoms with van der Waals surface area (Å²) in [6, 6.07) is -0.0317. The molecule has 1 aliphatic rings. The van der Waals surface area contributed by atoms with Crippen LogP contribution in [0.1, 0.15) is 47.0 Å². The Morgan fingerprint density at radius 1 is 1.47 bits per heavy atom. The summed E-state index contributed by atoms with van der Waals surface area (Å²) in [4.78, 5) is 14.3. The smallest absolute Gasteiger partial charge is 0.221 e. The van der Waals surface area contributed by atoms with Gasteiger partial charge in [-0.3, -0.25) is 4.79 Å². The lowest BCUT2D eigenvalue weighted by Crippen LogP contribution is -2.36. The summed E-state index contributed by atoms with van der Waals surface area (Å²) in [5, 5.41) is 3.04. The molecule has 3 N–H and O–H groups in total. The molecule has 19 heavy (non-hydrogen) atoms. The third-order valence-electron chi connectivity index (χ3n) is 3.73. The molecular formula is C15H31N3O. The van der Waals surface area contributed by atoms with Gasteiger partial charge in [-0.1, -0.05) is 27.7 Å². The van der Waals surface area contributed by atoms with Crippen LogP contribution in [0, 0.1) is 11.3 Å². The number of rotatable bonds is 6. The molecule has 1 fully saturated rings. The van der Waals surface area contributed by atoms with Crippen LogP contribution in [0.4, 0.5) is 0 Å². The Morgan fingerprint density at radius 2 is 2.16 bits per heavy atom. The van der Waals surface area contributed by atoms with Gasteiger partial charge in [0.1, 0.15) is 0 Å². The monoisotopic (exact) mass is 269 g/mol. The van der Waals surface area contributed by atoms with Gasteiger partial charge in [0.15, 0.2) is 0 Å². The van der Waals surface area contributed by atoms with Gasteiger partial charge in [0.25, 0.3) is 0 Å². The van der Waals surface area contributed by atoms with Crippen LogP contribution in [0.15, 0.2) is 0 Å². The zero-order valence-corrected chi connectivity index (χ0v) is 13.0. The third-order valence-corrected chi connectivity index (χ3v) is 3.73. The highest BCUT2D eigenvalue weighted by Crippen LogP contribution is 2.21. The van der Waals surface area contributed by atoms with E-state index in [0.29, 0.717) is 12.3 Å². The van der Waals surface area contributed by atoms with Gasteiger partial charge in [-0.15, -0.1) is 0 Å². The Bertz CT molecular complexity index is 286. The Morgan fingerprint density at radius 3 is 2.68 bits per heavy atom. The van der Waals surface area contributed by atoms with E-state index < -0.39 is 0 Å². The van der Waals surface area contributed by atoms with E-state index in [1.807, 2.05) is 0 Å². The summed E-state index contributed by atoms with van der Waals surface area (Å²) in [6.07, 6.45) is 2.52. The van der Waals surface area contributed by atoms with E-state index in [2.05, 4.69) is 37.9 Å². The van der Waals surface area contributed by atoms with Crippen molar-refractivity contribution in [3.63, 3.8) is 0 Å². The Kier molecular flexibility index (Phi) is 6.27. The maximum atomic E-state index is 11.8. The molecular weight excluding hydrogens is 238 g/mol. The number of hydrogen-bond donors (Lipinski definition) is 2. The lowest BCUT2D eigenvalue weighted by molar-refractivity contribution is -0.121. The fourth-order valence-corrected chi connectivity index (χ4v) is 2.79. The topological polar surface area (TPSA) is 58.4 Å². The standard InChI is InChI=1S/C15H31N3O/c1-5-18-7-6-12(11-18)10-17-14(19)8-13(16)9-15(2,3)4/h12-13H,5-11,16H2,1-4H3,(H,17,19). The first-order valence-corrected chi connectivity index (χ1v) is 7.55. The summed E-state index contributed by atoms with van der Waals surface area (Å²) < 4.78 is 0. The molecule has 0 spiro atoms. The summed E-state index contributed by atoms with van der Waals surface area (Å²) in [5.41, 5.74) is 6.21. The molecule has 1 saturated heterocycles. The van der Waals surface area contributed by atoms with Gasteiger partial charge in [-0.25, -0.2) is 0 Å². The predicted molar refractivity (Wildman–Crippen MR) is 79.9 cm³/mol. The molecule has 0 aromatic rings. The van der Waals surface area contributed by atoms with Crippen molar-refractivity contribution in [1.82, 2.24) is 10.2 Å². The van der Waals surface area contributed by atoms with Crippen LogP contribution in [0.25, 0.3) is 0 Å². The maximum absolute atomic E-state index is 11.8. The lowest BCUT2D eigenvalue weighted by Gasteiger charge is -2.23. The molecule has 112 valence electrons. The maximum Gasteiger partial charge on any atom is 0.221 e. The first-order chi connectivity index (χ1) is 8.80. The minimum atomic E-state index is -0.0317. The first-order valence-electron chi connectivity index (χ1n) is 7.55. The van der Waals surface area contributed by atoms with Gasteiger partial charge in [0.05, 0.1) is 0 Å². The van der Waals surface area contributed by atoms with E-state index in [9.17, 15) is 4.79 Å². The molecule has 1 amide bonds. The van der Waals surface area contributed by atoms with Crippen LogP contribution in [0.5, 0.6) is 0 Å². The van der Waals surface area contributed by atoms with E-state index in [-0.39, 0.29) is 17.4 Å². The van der Waals surface area contributed by atoms with Crippen LogP contribution in [0.2, 0.25) is 0 Å². The molecule has 0 aliphatic carbocycles. The fourth-order valence-electron chi connectivity index (χ4n) is 2.79. The number of amides is 1. The number of carbonyl (C=O) groups is 1. The zero-order chi connectivity index (χ0) is 14.5. The second-order valence-electron chi connectivity index (χ2n) is 7.08. The minimum absolute atomic E-state index is 0.0317. The molecule has 1 rings (SSSR count). The number of nitrogens with two attached hydrogens (primary N) is 1. The molecule has 4 heteroatoms. The highest BCUT2D eigenvalue weighted by atomic mass is 16.1. The van der Waals surface area contributed by atoms with Crippen molar-refractivity contribution in [2.75, 3.05) is 26.2 Å². The predicted octanol–water partition coefficient (Wildman–Crippen LogP) is 1.60. The SMILES string of the molecule is CCN1CCC(CNC(=O)CC(N)CC(C)(C)C)C1. The van der Waals surface area contributed by atoms with Gasteiger partial charge in [0.2, 0.25) is 5.91 Å². The second-order valence-corrected chi connectivity index (χ2v) is 7.08.